The summed E-state index contributed by atoms with van der Waals surface area (Å²) in [5, 5.41) is 3.25. The molecule has 1 heterocycles. The molecule has 2 rings (SSSR count). The van der Waals surface area contributed by atoms with Crippen LogP contribution >= 0.6 is 0 Å². The summed E-state index contributed by atoms with van der Waals surface area (Å²) in [5.41, 5.74) is 1.84. The summed E-state index contributed by atoms with van der Waals surface area (Å²) in [5.74, 6) is 1.13. The lowest BCUT2D eigenvalue weighted by atomic mass is 9.99. The van der Waals surface area contributed by atoms with Crippen LogP contribution in [0.15, 0.2) is 18.2 Å². The van der Waals surface area contributed by atoms with Crippen molar-refractivity contribution in [3.63, 3.8) is 0 Å². The minimum absolute atomic E-state index is 0.0702. The van der Waals surface area contributed by atoms with Crippen molar-refractivity contribution in [2.24, 2.45) is 0 Å². The topological polar surface area (TPSA) is 41.6 Å². The van der Waals surface area contributed by atoms with Crippen LogP contribution in [0.5, 0.6) is 5.75 Å². The molecule has 104 valence electrons. The van der Waals surface area contributed by atoms with Gasteiger partial charge in [0.1, 0.15) is 5.75 Å². The first-order chi connectivity index (χ1) is 9.13. The maximum Gasteiger partial charge on any atom is 0.257 e. The van der Waals surface area contributed by atoms with E-state index in [2.05, 4.69) is 19.2 Å². The van der Waals surface area contributed by atoms with Crippen molar-refractivity contribution in [2.75, 3.05) is 33.3 Å². The summed E-state index contributed by atoms with van der Waals surface area (Å²) in [7, 11) is 1.61. The molecule has 1 fully saturated rings. The molecule has 0 spiro atoms. The second-order valence-electron chi connectivity index (χ2n) is 5.16. The Morgan fingerprint density at radius 1 is 1.32 bits per heavy atom. The molecule has 0 bridgehead atoms. The van der Waals surface area contributed by atoms with Gasteiger partial charge >= 0.3 is 0 Å². The number of piperazine rings is 1. The van der Waals surface area contributed by atoms with E-state index in [4.69, 9.17) is 4.74 Å². The van der Waals surface area contributed by atoms with Crippen LogP contribution in [-0.2, 0) is 0 Å². The van der Waals surface area contributed by atoms with Crippen molar-refractivity contribution in [3.05, 3.63) is 29.3 Å². The predicted octanol–water partition coefficient (Wildman–Crippen LogP) is 1.86. The van der Waals surface area contributed by atoms with Crippen LogP contribution in [0.2, 0.25) is 0 Å². The lowest BCUT2D eigenvalue weighted by molar-refractivity contribution is 0.0732. The number of nitrogens with one attached hydrogen (secondary N) is 1. The maximum absolute atomic E-state index is 12.6. The molecular formula is C15H22N2O2. The van der Waals surface area contributed by atoms with E-state index in [0.29, 0.717) is 17.2 Å². The van der Waals surface area contributed by atoms with Crippen LogP contribution in [0.4, 0.5) is 0 Å². The van der Waals surface area contributed by atoms with Crippen molar-refractivity contribution >= 4 is 5.91 Å². The number of nitrogens with zero attached hydrogens (tertiary/aromatic N) is 1. The van der Waals surface area contributed by atoms with Crippen LogP contribution in [0.3, 0.4) is 0 Å². The fraction of sp³-hybridized carbons (Fsp3) is 0.533. The van der Waals surface area contributed by atoms with Gasteiger partial charge in [0.15, 0.2) is 0 Å². The van der Waals surface area contributed by atoms with E-state index in [1.54, 1.807) is 7.11 Å². The number of hydrogen-bond acceptors (Lipinski definition) is 3. The summed E-state index contributed by atoms with van der Waals surface area (Å²) in [6, 6.07) is 5.89. The number of rotatable bonds is 3. The Hall–Kier alpha value is -1.55. The molecule has 0 saturated carbocycles. The highest BCUT2D eigenvalue weighted by atomic mass is 16.5. The molecule has 1 aliphatic heterocycles. The van der Waals surface area contributed by atoms with Crippen LogP contribution < -0.4 is 10.1 Å². The molecule has 1 saturated heterocycles. The Kier molecular flexibility index (Phi) is 4.43. The number of carbonyl (C=O) groups excluding carboxylic acids is 1. The van der Waals surface area contributed by atoms with Crippen molar-refractivity contribution in [2.45, 2.75) is 19.8 Å². The molecule has 1 aliphatic rings. The third-order valence-corrected chi connectivity index (χ3v) is 3.52. The highest BCUT2D eigenvalue weighted by molar-refractivity contribution is 5.97. The molecule has 1 aromatic rings. The Bertz CT molecular complexity index is 451. The molecule has 0 radical (unpaired) electrons. The molecule has 1 N–H and O–H groups in total. The second kappa shape index (κ2) is 6.06. The summed E-state index contributed by atoms with van der Waals surface area (Å²) in [4.78, 5) is 14.5. The predicted molar refractivity (Wildman–Crippen MR) is 75.9 cm³/mol. The van der Waals surface area contributed by atoms with E-state index < -0.39 is 0 Å². The third kappa shape index (κ3) is 3.07. The van der Waals surface area contributed by atoms with Gasteiger partial charge in [-0.2, -0.15) is 0 Å². The average Bonchev–Trinajstić information content (AvgIpc) is 2.46. The Labute approximate surface area is 114 Å². The fourth-order valence-electron chi connectivity index (χ4n) is 2.29. The first-order valence-electron chi connectivity index (χ1n) is 6.81. The molecule has 0 aliphatic carbocycles. The maximum atomic E-state index is 12.6. The highest BCUT2D eigenvalue weighted by Gasteiger charge is 2.21. The standard InChI is InChI=1S/C15H22N2O2/c1-11(2)12-4-5-14(19-3)13(10-12)15(18)17-8-6-16-7-9-17/h4-5,10-11,16H,6-9H2,1-3H3. The summed E-state index contributed by atoms with van der Waals surface area (Å²) >= 11 is 0. The zero-order chi connectivity index (χ0) is 13.8. The molecule has 0 unspecified atom stereocenters. The van der Waals surface area contributed by atoms with E-state index in [9.17, 15) is 4.79 Å². The average molecular weight is 262 g/mol. The van der Waals surface area contributed by atoms with Crippen LogP contribution in [0.1, 0.15) is 35.7 Å². The van der Waals surface area contributed by atoms with E-state index in [1.807, 2.05) is 23.1 Å². The van der Waals surface area contributed by atoms with Gasteiger partial charge in [0.25, 0.3) is 5.91 Å². The van der Waals surface area contributed by atoms with E-state index in [-0.39, 0.29) is 5.91 Å². The SMILES string of the molecule is COc1ccc(C(C)C)cc1C(=O)N1CCNCC1. The van der Waals surface area contributed by atoms with Gasteiger partial charge in [-0.25, -0.2) is 0 Å². The summed E-state index contributed by atoms with van der Waals surface area (Å²) in [6.07, 6.45) is 0. The molecule has 0 aromatic heterocycles. The van der Waals surface area contributed by atoms with Crippen molar-refractivity contribution < 1.29 is 9.53 Å². The first-order valence-corrected chi connectivity index (χ1v) is 6.81. The van der Waals surface area contributed by atoms with Gasteiger partial charge in [-0.3, -0.25) is 4.79 Å². The van der Waals surface area contributed by atoms with Gasteiger partial charge in [-0.15, -0.1) is 0 Å². The summed E-state index contributed by atoms with van der Waals surface area (Å²) in [6.45, 7) is 7.49. The van der Waals surface area contributed by atoms with Gasteiger partial charge in [0.05, 0.1) is 12.7 Å². The van der Waals surface area contributed by atoms with Crippen LogP contribution in [0.25, 0.3) is 0 Å². The molecule has 4 nitrogen and oxygen atoms in total. The fourth-order valence-corrected chi connectivity index (χ4v) is 2.29. The zero-order valence-electron chi connectivity index (χ0n) is 11.9. The van der Waals surface area contributed by atoms with E-state index in [0.717, 1.165) is 26.2 Å². The first kappa shape index (κ1) is 13.9. The third-order valence-electron chi connectivity index (χ3n) is 3.52. The number of hydrogen-bond donors (Lipinski definition) is 1. The Morgan fingerprint density at radius 3 is 2.58 bits per heavy atom. The van der Waals surface area contributed by atoms with Crippen molar-refractivity contribution in [1.82, 2.24) is 10.2 Å². The van der Waals surface area contributed by atoms with E-state index >= 15 is 0 Å². The molecule has 1 amide bonds. The van der Waals surface area contributed by atoms with Gasteiger partial charge in [-0.1, -0.05) is 19.9 Å². The second-order valence-corrected chi connectivity index (χ2v) is 5.16. The van der Waals surface area contributed by atoms with Gasteiger partial charge in [-0.05, 0) is 23.6 Å². The number of benzene rings is 1. The largest absolute Gasteiger partial charge is 0.496 e. The number of amides is 1. The van der Waals surface area contributed by atoms with Gasteiger partial charge in [0, 0.05) is 26.2 Å². The van der Waals surface area contributed by atoms with E-state index in [1.165, 1.54) is 5.56 Å². The number of methoxy groups -OCH3 is 1. The minimum atomic E-state index is 0.0702. The quantitative estimate of drug-likeness (QED) is 0.904. The summed E-state index contributed by atoms with van der Waals surface area (Å²) < 4.78 is 5.33. The monoisotopic (exact) mass is 262 g/mol. The van der Waals surface area contributed by atoms with Gasteiger partial charge < -0.3 is 15.0 Å². The lowest BCUT2D eigenvalue weighted by Crippen LogP contribution is -2.46. The zero-order valence-corrected chi connectivity index (χ0v) is 11.9. The van der Waals surface area contributed by atoms with Gasteiger partial charge in [0.2, 0.25) is 0 Å². The molecule has 4 heteroatoms. The Balaban J connectivity index is 2.29. The number of carbonyl (C=O) groups is 1. The lowest BCUT2D eigenvalue weighted by Gasteiger charge is -2.28. The molecule has 1 aromatic carbocycles. The molecular weight excluding hydrogens is 240 g/mol. The normalized spacial score (nSPS) is 15.7. The Morgan fingerprint density at radius 2 is 2.00 bits per heavy atom. The van der Waals surface area contributed by atoms with Crippen LogP contribution in [0, 0.1) is 0 Å². The molecule has 19 heavy (non-hydrogen) atoms. The highest BCUT2D eigenvalue weighted by Crippen LogP contribution is 2.25. The molecule has 0 atom stereocenters. The van der Waals surface area contributed by atoms with Crippen molar-refractivity contribution in [3.8, 4) is 5.75 Å². The number of ether oxygens (including phenoxy) is 1. The smallest absolute Gasteiger partial charge is 0.257 e. The van der Waals surface area contributed by atoms with Crippen LogP contribution in [-0.4, -0.2) is 44.1 Å². The minimum Gasteiger partial charge on any atom is -0.496 e. The van der Waals surface area contributed by atoms with Crippen molar-refractivity contribution in [1.29, 1.82) is 0 Å².